The number of aromatic hydroxyl groups is 1. The van der Waals surface area contributed by atoms with Crippen molar-refractivity contribution in [3.63, 3.8) is 0 Å². The number of ether oxygens (including phenoxy) is 5. The number of rotatable bonds is 9. The summed E-state index contributed by atoms with van der Waals surface area (Å²) in [5, 5.41) is 24.1. The second-order valence-electron chi connectivity index (χ2n) is 11.0. The predicted octanol–water partition coefficient (Wildman–Crippen LogP) is 4.40. The molecule has 4 rings (SSSR count). The van der Waals surface area contributed by atoms with Crippen LogP contribution in [0.3, 0.4) is 0 Å². The van der Waals surface area contributed by atoms with E-state index < -0.39 is 35.6 Å². The summed E-state index contributed by atoms with van der Waals surface area (Å²) in [6, 6.07) is 7.48. The first-order valence-electron chi connectivity index (χ1n) is 13.9. The predicted molar refractivity (Wildman–Crippen MR) is 163 cm³/mol. The number of methoxy groups -OCH3 is 2. The van der Waals surface area contributed by atoms with Crippen molar-refractivity contribution in [1.82, 2.24) is 0 Å². The molecule has 2 heterocycles. The summed E-state index contributed by atoms with van der Waals surface area (Å²) in [6.07, 6.45) is -1.82. The van der Waals surface area contributed by atoms with Crippen LogP contribution in [0.25, 0.3) is 11.0 Å². The Morgan fingerprint density at radius 3 is 2.47 bits per heavy atom. The van der Waals surface area contributed by atoms with Gasteiger partial charge in [0.05, 0.1) is 19.6 Å². The number of carbonyl (C=O) groups is 2. The van der Waals surface area contributed by atoms with Gasteiger partial charge in [-0.2, -0.15) is 0 Å². The molecule has 0 aliphatic carbocycles. The lowest BCUT2D eigenvalue weighted by Crippen LogP contribution is -2.50. The normalized spacial score (nSPS) is 17.4. The molecule has 0 bridgehead atoms. The van der Waals surface area contributed by atoms with Crippen LogP contribution in [0, 0.1) is 6.92 Å². The molecule has 2 atom stereocenters. The SMILES string of the molecule is COC1=C(OC(N)=O)C(O)[C@H](Oc2ccc3c(OC)c(NC(=O)c4ccc(O)c(CC=C(C)C)c4)c(=O)oc3c2C)OC1(C)C. The van der Waals surface area contributed by atoms with E-state index in [9.17, 15) is 24.6 Å². The lowest BCUT2D eigenvalue weighted by Gasteiger charge is -2.39. The molecule has 45 heavy (non-hydrogen) atoms. The lowest BCUT2D eigenvalue weighted by atomic mass is 10.00. The van der Waals surface area contributed by atoms with E-state index in [2.05, 4.69) is 5.32 Å². The fourth-order valence-electron chi connectivity index (χ4n) is 4.93. The fraction of sp³-hybridized carbons (Fsp3) is 0.344. The molecule has 240 valence electrons. The molecule has 13 nitrogen and oxygen atoms in total. The van der Waals surface area contributed by atoms with Crippen molar-refractivity contribution in [3.8, 4) is 17.2 Å². The Bertz CT molecular complexity index is 1770. The van der Waals surface area contributed by atoms with Crippen molar-refractivity contribution < 1.29 is 47.9 Å². The maximum atomic E-state index is 13.2. The second kappa shape index (κ2) is 12.9. The maximum Gasteiger partial charge on any atom is 0.409 e. The Labute approximate surface area is 258 Å². The van der Waals surface area contributed by atoms with Crippen LogP contribution in [0.2, 0.25) is 0 Å². The van der Waals surface area contributed by atoms with Gasteiger partial charge in [0, 0.05) is 11.1 Å². The average Bonchev–Trinajstić information content (AvgIpc) is 2.96. The van der Waals surface area contributed by atoms with Crippen LogP contribution in [0.1, 0.15) is 49.2 Å². The van der Waals surface area contributed by atoms with E-state index >= 15 is 0 Å². The van der Waals surface area contributed by atoms with Gasteiger partial charge in [-0.3, -0.25) is 4.79 Å². The molecule has 1 aliphatic heterocycles. The third kappa shape index (κ3) is 6.74. The molecular weight excluding hydrogens is 588 g/mol. The monoisotopic (exact) mass is 624 g/mol. The van der Waals surface area contributed by atoms with Gasteiger partial charge in [-0.05, 0) is 76.9 Å². The van der Waals surface area contributed by atoms with Gasteiger partial charge in [0.2, 0.25) is 6.29 Å². The number of phenolic OH excluding ortho intramolecular Hbond substituents is 1. The topological polar surface area (TPSA) is 189 Å². The van der Waals surface area contributed by atoms with Gasteiger partial charge in [0.15, 0.2) is 29.1 Å². The van der Waals surface area contributed by atoms with E-state index in [1.54, 1.807) is 32.9 Å². The minimum absolute atomic E-state index is 0.0434. The Balaban J connectivity index is 1.68. The summed E-state index contributed by atoms with van der Waals surface area (Å²) in [6.45, 7) is 8.70. The van der Waals surface area contributed by atoms with Crippen LogP contribution in [0.4, 0.5) is 10.5 Å². The second-order valence-corrected chi connectivity index (χ2v) is 11.0. The molecule has 13 heteroatoms. The minimum atomic E-state index is -1.61. The van der Waals surface area contributed by atoms with Gasteiger partial charge in [-0.25, -0.2) is 9.59 Å². The summed E-state index contributed by atoms with van der Waals surface area (Å²) >= 11 is 0. The molecule has 1 aromatic heterocycles. The third-order valence-electron chi connectivity index (χ3n) is 7.11. The van der Waals surface area contributed by atoms with Gasteiger partial charge < -0.3 is 49.4 Å². The number of allylic oxidation sites excluding steroid dienone is 2. The fourth-order valence-corrected chi connectivity index (χ4v) is 4.93. The van der Waals surface area contributed by atoms with Gasteiger partial charge in [-0.1, -0.05) is 11.6 Å². The third-order valence-corrected chi connectivity index (χ3v) is 7.11. The first-order chi connectivity index (χ1) is 21.2. The number of amides is 2. The van der Waals surface area contributed by atoms with Crippen molar-refractivity contribution >= 4 is 28.7 Å². The number of aliphatic hydroxyl groups excluding tert-OH is 1. The zero-order valence-electron chi connectivity index (χ0n) is 26.0. The number of primary amides is 1. The molecule has 0 spiro atoms. The summed E-state index contributed by atoms with van der Waals surface area (Å²) < 4.78 is 33.4. The molecule has 1 aliphatic rings. The standard InChI is InChI=1S/C32H36N2O11/c1-15(2)8-9-17-14-18(10-12-20(17)35)28(37)34-22-25(40-6)19-11-13-21(16(3)24(19)43-29(22)38)42-30-23(36)26(44-31(33)39)27(41-7)32(4,5)45-30/h8,10-14,23,30,35-36H,9H2,1-7H3,(H2,33,39)(H,34,37)/t23?,30-/m1/s1. The number of nitrogens with one attached hydrogen (secondary N) is 1. The highest BCUT2D eigenvalue weighted by molar-refractivity contribution is 6.06. The molecular formula is C32H36N2O11. The van der Waals surface area contributed by atoms with E-state index in [1.165, 1.54) is 32.4 Å². The Kier molecular flexibility index (Phi) is 9.45. The number of anilines is 1. The van der Waals surface area contributed by atoms with Crippen molar-refractivity contribution in [3.05, 3.63) is 80.6 Å². The molecule has 0 fully saturated rings. The molecule has 2 aromatic carbocycles. The number of fused-ring (bicyclic) bond motifs is 1. The minimum Gasteiger partial charge on any atom is -0.508 e. The smallest absolute Gasteiger partial charge is 0.409 e. The van der Waals surface area contributed by atoms with Crippen LogP contribution in [0.15, 0.2) is 62.7 Å². The molecule has 0 saturated heterocycles. The highest BCUT2D eigenvalue weighted by Crippen LogP contribution is 2.39. The summed E-state index contributed by atoms with van der Waals surface area (Å²) in [5.74, 6) is -0.577. The van der Waals surface area contributed by atoms with Crippen molar-refractivity contribution in [2.75, 3.05) is 19.5 Å². The van der Waals surface area contributed by atoms with E-state index in [0.29, 0.717) is 22.9 Å². The van der Waals surface area contributed by atoms with Gasteiger partial charge in [0.25, 0.3) is 5.91 Å². The number of hydrogen-bond acceptors (Lipinski definition) is 11. The number of aliphatic hydroxyl groups is 1. The quantitative estimate of drug-likeness (QED) is 0.195. The zero-order chi connectivity index (χ0) is 33.2. The van der Waals surface area contributed by atoms with Crippen LogP contribution >= 0.6 is 0 Å². The zero-order valence-corrected chi connectivity index (χ0v) is 26.0. The van der Waals surface area contributed by atoms with Crippen LogP contribution in [0.5, 0.6) is 17.2 Å². The van der Waals surface area contributed by atoms with Crippen LogP contribution in [-0.2, 0) is 20.6 Å². The number of phenols is 1. The largest absolute Gasteiger partial charge is 0.508 e. The highest BCUT2D eigenvalue weighted by Gasteiger charge is 2.46. The lowest BCUT2D eigenvalue weighted by molar-refractivity contribution is -0.215. The first-order valence-corrected chi connectivity index (χ1v) is 13.9. The van der Waals surface area contributed by atoms with E-state index in [0.717, 1.165) is 5.57 Å². The average molecular weight is 625 g/mol. The van der Waals surface area contributed by atoms with Crippen molar-refractivity contribution in [2.24, 2.45) is 5.73 Å². The molecule has 1 unspecified atom stereocenters. The summed E-state index contributed by atoms with van der Waals surface area (Å²) in [7, 11) is 2.67. The van der Waals surface area contributed by atoms with Crippen LogP contribution < -0.4 is 26.1 Å². The molecule has 0 saturated carbocycles. The molecule has 0 radical (unpaired) electrons. The van der Waals surface area contributed by atoms with Gasteiger partial charge in [-0.15, -0.1) is 0 Å². The van der Waals surface area contributed by atoms with E-state index in [4.69, 9.17) is 33.8 Å². The van der Waals surface area contributed by atoms with Gasteiger partial charge >= 0.3 is 11.7 Å². The first kappa shape index (κ1) is 32.9. The number of aryl methyl sites for hydroxylation is 1. The summed E-state index contributed by atoms with van der Waals surface area (Å²) in [4.78, 5) is 37.9. The van der Waals surface area contributed by atoms with Crippen molar-refractivity contribution in [2.45, 2.75) is 59.0 Å². The Morgan fingerprint density at radius 2 is 1.84 bits per heavy atom. The molecule has 2 amide bonds. The van der Waals surface area contributed by atoms with Gasteiger partial charge in [0.1, 0.15) is 22.7 Å². The van der Waals surface area contributed by atoms with E-state index in [1.807, 2.05) is 19.9 Å². The van der Waals surface area contributed by atoms with E-state index in [-0.39, 0.29) is 45.6 Å². The number of benzene rings is 2. The Hall–Kier alpha value is -5.01. The number of carbonyl (C=O) groups excluding carboxylic acids is 2. The maximum absolute atomic E-state index is 13.2. The Morgan fingerprint density at radius 1 is 1.13 bits per heavy atom. The van der Waals surface area contributed by atoms with Crippen LogP contribution in [-0.4, -0.2) is 54.4 Å². The molecule has 3 aromatic rings. The molecule has 5 N–H and O–H groups in total. The summed E-state index contributed by atoms with van der Waals surface area (Å²) in [5.41, 5.74) is 5.13. The van der Waals surface area contributed by atoms with Crippen molar-refractivity contribution in [1.29, 1.82) is 0 Å². The number of hydrogen-bond donors (Lipinski definition) is 4. The number of nitrogens with two attached hydrogens (primary N) is 1. The highest BCUT2D eigenvalue weighted by atomic mass is 16.7.